The fraction of sp³-hybridized carbons (Fsp3) is 0.385. The van der Waals surface area contributed by atoms with Gasteiger partial charge in [-0.3, -0.25) is 0 Å². The molecule has 1 aromatic carbocycles. The second-order valence-corrected chi connectivity index (χ2v) is 5.36. The van der Waals surface area contributed by atoms with E-state index in [1.165, 1.54) is 10.1 Å². The van der Waals surface area contributed by atoms with E-state index in [1.807, 2.05) is 12.1 Å². The van der Waals surface area contributed by atoms with Crippen LogP contribution in [0.1, 0.15) is 18.4 Å². The fourth-order valence-corrected chi connectivity index (χ4v) is 3.45. The molecular weight excluding hydrogens is 220 g/mol. The zero-order chi connectivity index (χ0) is 11.2. The van der Waals surface area contributed by atoms with Crippen molar-refractivity contribution in [2.24, 2.45) is 0 Å². The lowest BCUT2D eigenvalue weighted by Crippen LogP contribution is -2.45. The lowest BCUT2D eigenvalue weighted by Gasteiger charge is -2.43. The normalized spacial score (nSPS) is 29.2. The van der Waals surface area contributed by atoms with Crippen molar-refractivity contribution in [1.82, 2.24) is 0 Å². The largest absolute Gasteiger partial charge is 0.385 e. The molecule has 1 N–H and O–H groups in total. The Balaban J connectivity index is 2.03. The van der Waals surface area contributed by atoms with E-state index in [-0.39, 0.29) is 6.10 Å². The highest BCUT2D eigenvalue weighted by molar-refractivity contribution is 7.17. The first-order valence-corrected chi connectivity index (χ1v) is 6.33. The summed E-state index contributed by atoms with van der Waals surface area (Å²) in [6.07, 6.45) is 1.63. The van der Waals surface area contributed by atoms with Crippen LogP contribution in [0.15, 0.2) is 29.6 Å². The van der Waals surface area contributed by atoms with Crippen molar-refractivity contribution < 1.29 is 9.84 Å². The first kappa shape index (κ1) is 10.3. The summed E-state index contributed by atoms with van der Waals surface area (Å²) >= 11 is 1.70. The Labute approximate surface area is 98.5 Å². The maximum Gasteiger partial charge on any atom is 0.0959 e. The molecule has 2 aromatic rings. The smallest absolute Gasteiger partial charge is 0.0959 e. The first-order chi connectivity index (χ1) is 7.73. The number of hydrogen-bond acceptors (Lipinski definition) is 3. The molecule has 0 spiro atoms. The number of rotatable bonds is 2. The Kier molecular flexibility index (Phi) is 2.28. The summed E-state index contributed by atoms with van der Waals surface area (Å²) < 4.78 is 6.45. The summed E-state index contributed by atoms with van der Waals surface area (Å²) in [5.74, 6) is 0. The lowest BCUT2D eigenvalue weighted by molar-refractivity contribution is -0.132. The van der Waals surface area contributed by atoms with Gasteiger partial charge in [-0.1, -0.05) is 18.2 Å². The Bertz CT molecular complexity index is 511. The van der Waals surface area contributed by atoms with Crippen LogP contribution in [-0.4, -0.2) is 18.3 Å². The molecule has 16 heavy (non-hydrogen) atoms. The second kappa shape index (κ2) is 3.55. The van der Waals surface area contributed by atoms with Crippen LogP contribution in [0.3, 0.4) is 0 Å². The minimum absolute atomic E-state index is 0.209. The summed E-state index contributed by atoms with van der Waals surface area (Å²) in [4.78, 5) is 0. The highest BCUT2D eigenvalue weighted by atomic mass is 32.1. The summed E-state index contributed by atoms with van der Waals surface area (Å²) in [7, 11) is 1.70. The number of hydrogen-bond donors (Lipinski definition) is 1. The van der Waals surface area contributed by atoms with E-state index in [1.54, 1.807) is 18.4 Å². The molecule has 0 unspecified atom stereocenters. The van der Waals surface area contributed by atoms with Crippen LogP contribution in [-0.2, 0) is 10.3 Å². The van der Waals surface area contributed by atoms with E-state index in [9.17, 15) is 5.11 Å². The van der Waals surface area contributed by atoms with Crippen LogP contribution in [0.4, 0.5) is 0 Å². The van der Waals surface area contributed by atoms with E-state index in [0.717, 1.165) is 5.56 Å². The zero-order valence-electron chi connectivity index (χ0n) is 9.14. The number of benzene rings is 1. The maximum absolute atomic E-state index is 10.5. The maximum atomic E-state index is 10.5. The van der Waals surface area contributed by atoms with Gasteiger partial charge in [-0.25, -0.2) is 0 Å². The number of methoxy groups -OCH3 is 1. The molecule has 0 aliphatic heterocycles. The minimum atomic E-state index is -0.676. The third kappa shape index (κ3) is 1.39. The van der Waals surface area contributed by atoms with Gasteiger partial charge < -0.3 is 9.84 Å². The molecule has 0 bridgehead atoms. The molecule has 0 amide bonds. The van der Waals surface area contributed by atoms with Gasteiger partial charge in [0.05, 0.1) is 11.7 Å². The zero-order valence-corrected chi connectivity index (χ0v) is 9.96. The van der Waals surface area contributed by atoms with Gasteiger partial charge in [0, 0.05) is 30.2 Å². The third-order valence-electron chi connectivity index (χ3n) is 3.44. The van der Waals surface area contributed by atoms with Gasteiger partial charge in [0.25, 0.3) is 0 Å². The predicted octanol–water partition coefficient (Wildman–Crippen LogP) is 2.90. The van der Waals surface area contributed by atoms with Gasteiger partial charge in [-0.05, 0) is 16.8 Å². The average molecular weight is 234 g/mol. The molecule has 1 aliphatic carbocycles. The van der Waals surface area contributed by atoms with Crippen molar-refractivity contribution in [1.29, 1.82) is 0 Å². The van der Waals surface area contributed by atoms with Crippen LogP contribution < -0.4 is 0 Å². The molecule has 84 valence electrons. The minimum Gasteiger partial charge on any atom is -0.385 e. The van der Waals surface area contributed by atoms with Crippen molar-refractivity contribution >= 4 is 21.4 Å². The Hall–Kier alpha value is -0.900. The van der Waals surface area contributed by atoms with Crippen molar-refractivity contribution in [2.75, 3.05) is 7.11 Å². The van der Waals surface area contributed by atoms with Gasteiger partial charge >= 0.3 is 0 Å². The van der Waals surface area contributed by atoms with E-state index in [0.29, 0.717) is 12.8 Å². The summed E-state index contributed by atoms with van der Waals surface area (Å²) in [5, 5.41) is 13.8. The van der Waals surface area contributed by atoms with Gasteiger partial charge in [0.2, 0.25) is 0 Å². The van der Waals surface area contributed by atoms with E-state index < -0.39 is 5.60 Å². The monoisotopic (exact) mass is 234 g/mol. The van der Waals surface area contributed by atoms with Crippen molar-refractivity contribution in [3.63, 3.8) is 0 Å². The van der Waals surface area contributed by atoms with Crippen LogP contribution in [0.2, 0.25) is 0 Å². The van der Waals surface area contributed by atoms with Crippen molar-refractivity contribution in [2.45, 2.75) is 24.5 Å². The van der Waals surface area contributed by atoms with Crippen LogP contribution >= 0.6 is 11.3 Å². The number of fused-ring (bicyclic) bond motifs is 1. The number of ether oxygens (including phenoxy) is 1. The van der Waals surface area contributed by atoms with Crippen LogP contribution in [0.5, 0.6) is 0 Å². The Morgan fingerprint density at radius 1 is 1.38 bits per heavy atom. The highest BCUT2D eigenvalue weighted by Gasteiger charge is 2.45. The van der Waals surface area contributed by atoms with Crippen molar-refractivity contribution in [3.8, 4) is 0 Å². The fourth-order valence-electron chi connectivity index (χ4n) is 2.44. The standard InChI is InChI=1S/C13H14O2S/c1-15-10-7-13(14,8-10)11-4-2-3-9-5-6-16-12(9)11/h2-6,10,14H,7-8H2,1H3. The molecule has 1 aliphatic rings. The second-order valence-electron chi connectivity index (χ2n) is 4.44. The molecule has 3 rings (SSSR count). The predicted molar refractivity (Wildman–Crippen MR) is 65.8 cm³/mol. The number of thiophene rings is 1. The van der Waals surface area contributed by atoms with Gasteiger partial charge in [-0.2, -0.15) is 0 Å². The Morgan fingerprint density at radius 2 is 2.19 bits per heavy atom. The van der Waals surface area contributed by atoms with Crippen LogP contribution in [0, 0.1) is 0 Å². The third-order valence-corrected chi connectivity index (χ3v) is 4.41. The van der Waals surface area contributed by atoms with E-state index >= 15 is 0 Å². The molecule has 3 heteroatoms. The summed E-state index contributed by atoms with van der Waals surface area (Å²) in [6, 6.07) is 8.23. The van der Waals surface area contributed by atoms with E-state index in [4.69, 9.17) is 4.74 Å². The molecular formula is C13H14O2S. The Morgan fingerprint density at radius 3 is 2.94 bits per heavy atom. The van der Waals surface area contributed by atoms with E-state index in [2.05, 4.69) is 17.5 Å². The lowest BCUT2D eigenvalue weighted by atomic mass is 9.72. The van der Waals surface area contributed by atoms with Gasteiger partial charge in [-0.15, -0.1) is 11.3 Å². The molecule has 2 nitrogen and oxygen atoms in total. The molecule has 0 radical (unpaired) electrons. The molecule has 0 atom stereocenters. The molecule has 1 aromatic heterocycles. The molecule has 1 heterocycles. The average Bonchev–Trinajstić information content (AvgIpc) is 2.72. The molecule has 1 saturated carbocycles. The van der Waals surface area contributed by atoms with Gasteiger partial charge in [0.15, 0.2) is 0 Å². The highest BCUT2D eigenvalue weighted by Crippen LogP contribution is 2.46. The topological polar surface area (TPSA) is 29.5 Å². The summed E-state index contributed by atoms with van der Waals surface area (Å²) in [6.45, 7) is 0. The SMILES string of the molecule is COC1CC(O)(c2cccc3ccsc23)C1. The first-order valence-electron chi connectivity index (χ1n) is 5.45. The van der Waals surface area contributed by atoms with Crippen LogP contribution in [0.25, 0.3) is 10.1 Å². The molecule has 1 fully saturated rings. The molecule has 0 saturated heterocycles. The van der Waals surface area contributed by atoms with Gasteiger partial charge in [0.1, 0.15) is 0 Å². The summed E-state index contributed by atoms with van der Waals surface area (Å²) in [5.41, 5.74) is 0.388. The number of aliphatic hydroxyl groups is 1. The quantitative estimate of drug-likeness (QED) is 0.865. The van der Waals surface area contributed by atoms with Crippen molar-refractivity contribution in [3.05, 3.63) is 35.2 Å².